The van der Waals surface area contributed by atoms with Gasteiger partial charge < -0.3 is 0 Å². The molecule has 4 heteroatoms. The van der Waals surface area contributed by atoms with Gasteiger partial charge in [0.2, 0.25) is 15.0 Å². The minimum Gasteiger partial charge on any atom is -0.216 e. The van der Waals surface area contributed by atoms with Crippen molar-refractivity contribution in [3.05, 3.63) is 113 Å². The van der Waals surface area contributed by atoms with Gasteiger partial charge in [-0.15, -0.1) is 0 Å². The normalized spacial score (nSPS) is 12.8. The lowest BCUT2D eigenvalue weighted by Crippen LogP contribution is -2.03. The molecule has 0 aromatic heterocycles. The fourth-order valence-electron chi connectivity index (χ4n) is 2.60. The maximum Gasteiger partial charge on any atom is 0.233 e. The fraction of sp³-hybridized carbons (Fsp3) is 0.0435. The smallest absolute Gasteiger partial charge is 0.216 e. The maximum atomic E-state index is 15.2. The van der Waals surface area contributed by atoms with E-state index in [0.29, 0.717) is 5.56 Å². The molecule has 3 aromatic carbocycles. The maximum absolute atomic E-state index is 15.2. The van der Waals surface area contributed by atoms with Crippen LogP contribution >= 0.6 is 0 Å². The standard InChI is InChI=1S/C23H19FO2S/c1-18-12-14-19(15-13-18)16-17-22(20-8-4-2-5-9-20)23(24)27(25,26)21-10-6-3-7-11-21/h2-17H,1H3/b17-16+,23-22+. The monoisotopic (exact) mass is 378 g/mol. The second kappa shape index (κ2) is 8.14. The Morgan fingerprint density at radius 1 is 0.815 bits per heavy atom. The molecule has 3 aromatic rings. The molecule has 0 unspecified atom stereocenters. The average Bonchev–Trinajstić information content (AvgIpc) is 2.71. The first-order chi connectivity index (χ1) is 13.0. The zero-order valence-electron chi connectivity index (χ0n) is 14.8. The zero-order chi connectivity index (χ0) is 19.3. The minimum atomic E-state index is -4.24. The third kappa shape index (κ3) is 4.41. The number of rotatable bonds is 5. The van der Waals surface area contributed by atoms with Crippen molar-refractivity contribution >= 4 is 21.5 Å². The van der Waals surface area contributed by atoms with E-state index in [9.17, 15) is 8.42 Å². The van der Waals surface area contributed by atoms with Gasteiger partial charge in [0, 0.05) is 5.57 Å². The van der Waals surface area contributed by atoms with E-state index in [1.54, 1.807) is 54.6 Å². The second-order valence-corrected chi connectivity index (χ2v) is 7.95. The van der Waals surface area contributed by atoms with Gasteiger partial charge in [0.1, 0.15) is 0 Å². The highest BCUT2D eigenvalue weighted by Gasteiger charge is 2.24. The molecular weight excluding hydrogens is 359 g/mol. The van der Waals surface area contributed by atoms with Crippen LogP contribution in [0.5, 0.6) is 0 Å². The molecule has 0 heterocycles. The van der Waals surface area contributed by atoms with Crippen LogP contribution in [0.1, 0.15) is 16.7 Å². The van der Waals surface area contributed by atoms with Gasteiger partial charge in [-0.1, -0.05) is 90.5 Å². The molecule has 27 heavy (non-hydrogen) atoms. The van der Waals surface area contributed by atoms with Gasteiger partial charge in [0.15, 0.2) is 0 Å². The summed E-state index contributed by atoms with van der Waals surface area (Å²) < 4.78 is 40.7. The van der Waals surface area contributed by atoms with Crippen LogP contribution in [0.2, 0.25) is 0 Å². The highest BCUT2D eigenvalue weighted by Crippen LogP contribution is 2.30. The summed E-state index contributed by atoms with van der Waals surface area (Å²) in [6.45, 7) is 1.98. The average molecular weight is 378 g/mol. The highest BCUT2D eigenvalue weighted by atomic mass is 32.2. The van der Waals surface area contributed by atoms with E-state index >= 15 is 4.39 Å². The van der Waals surface area contributed by atoms with Crippen LogP contribution < -0.4 is 0 Å². The van der Waals surface area contributed by atoms with E-state index in [-0.39, 0.29) is 10.5 Å². The van der Waals surface area contributed by atoms with Gasteiger partial charge >= 0.3 is 0 Å². The zero-order valence-corrected chi connectivity index (χ0v) is 15.7. The van der Waals surface area contributed by atoms with Gasteiger partial charge in [0.25, 0.3) is 0 Å². The number of halogens is 1. The molecule has 0 radical (unpaired) electrons. The Morgan fingerprint density at radius 2 is 1.37 bits per heavy atom. The molecule has 0 bridgehead atoms. The molecule has 0 fully saturated rings. The summed E-state index contributed by atoms with van der Waals surface area (Å²) in [7, 11) is -4.24. The van der Waals surface area contributed by atoms with Crippen molar-refractivity contribution in [2.75, 3.05) is 0 Å². The van der Waals surface area contributed by atoms with E-state index in [0.717, 1.165) is 11.1 Å². The second-order valence-electron chi connectivity index (χ2n) is 6.11. The van der Waals surface area contributed by atoms with Crippen LogP contribution in [-0.2, 0) is 9.84 Å². The van der Waals surface area contributed by atoms with E-state index in [1.165, 1.54) is 18.2 Å². The summed E-state index contributed by atoms with van der Waals surface area (Å²) >= 11 is 0. The number of aryl methyl sites for hydroxylation is 1. The molecule has 0 saturated heterocycles. The summed E-state index contributed by atoms with van der Waals surface area (Å²) in [6.07, 6.45) is 3.22. The predicted octanol–water partition coefficient (Wildman–Crippen LogP) is 5.82. The lowest BCUT2D eigenvalue weighted by Gasteiger charge is -2.08. The topological polar surface area (TPSA) is 34.1 Å². The summed E-state index contributed by atoms with van der Waals surface area (Å²) in [5.41, 5.74) is 2.50. The summed E-state index contributed by atoms with van der Waals surface area (Å²) in [4.78, 5) is -0.0698. The van der Waals surface area contributed by atoms with Crippen molar-refractivity contribution in [3.63, 3.8) is 0 Å². The van der Waals surface area contributed by atoms with Crippen LogP contribution in [0.15, 0.2) is 101 Å². The fourth-order valence-corrected chi connectivity index (χ4v) is 3.80. The molecule has 0 aliphatic carbocycles. The molecule has 0 aliphatic rings. The van der Waals surface area contributed by atoms with Gasteiger partial charge in [-0.05, 0) is 30.2 Å². The Bertz CT molecular complexity index is 1070. The number of sulfone groups is 1. The Hall–Kier alpha value is -2.98. The van der Waals surface area contributed by atoms with Crippen molar-refractivity contribution < 1.29 is 12.8 Å². The Balaban J connectivity index is 2.12. The van der Waals surface area contributed by atoms with Crippen LogP contribution in [0, 0.1) is 6.92 Å². The molecular formula is C23H19FO2S. The Labute approximate surface area is 159 Å². The van der Waals surface area contributed by atoms with Crippen molar-refractivity contribution in [1.82, 2.24) is 0 Å². The molecule has 136 valence electrons. The molecule has 0 N–H and O–H groups in total. The van der Waals surface area contributed by atoms with Crippen LogP contribution in [0.4, 0.5) is 4.39 Å². The first-order valence-corrected chi connectivity index (χ1v) is 9.97. The van der Waals surface area contributed by atoms with E-state index < -0.39 is 15.0 Å². The third-order valence-corrected chi connectivity index (χ3v) is 5.69. The Kier molecular flexibility index (Phi) is 5.67. The molecule has 2 nitrogen and oxygen atoms in total. The molecule has 0 spiro atoms. The van der Waals surface area contributed by atoms with Gasteiger partial charge in [0.05, 0.1) is 4.90 Å². The predicted molar refractivity (Wildman–Crippen MR) is 108 cm³/mol. The lowest BCUT2D eigenvalue weighted by atomic mass is 10.1. The van der Waals surface area contributed by atoms with Crippen LogP contribution in [0.25, 0.3) is 11.6 Å². The third-order valence-electron chi connectivity index (χ3n) is 4.11. The quantitative estimate of drug-likeness (QED) is 0.524. The SMILES string of the molecule is Cc1ccc(/C=C/C(=C(/F)S(=O)(=O)c2ccccc2)c2ccccc2)cc1. The number of hydrogen-bond acceptors (Lipinski definition) is 2. The summed E-state index contributed by atoms with van der Waals surface area (Å²) in [5.74, 6) is 0. The summed E-state index contributed by atoms with van der Waals surface area (Å²) in [6, 6.07) is 24.0. The molecule has 0 atom stereocenters. The lowest BCUT2D eigenvalue weighted by molar-refractivity contribution is 0.578. The number of hydrogen-bond donors (Lipinski definition) is 0. The first-order valence-electron chi connectivity index (χ1n) is 8.48. The van der Waals surface area contributed by atoms with Crippen molar-refractivity contribution in [2.45, 2.75) is 11.8 Å². The van der Waals surface area contributed by atoms with E-state index in [2.05, 4.69) is 0 Å². The molecule has 3 rings (SSSR count). The molecule has 0 aliphatic heterocycles. The van der Waals surface area contributed by atoms with Crippen molar-refractivity contribution in [3.8, 4) is 0 Å². The van der Waals surface area contributed by atoms with Crippen molar-refractivity contribution in [2.24, 2.45) is 0 Å². The van der Waals surface area contributed by atoms with Gasteiger partial charge in [-0.3, -0.25) is 0 Å². The Morgan fingerprint density at radius 3 is 1.96 bits per heavy atom. The van der Waals surface area contributed by atoms with E-state index in [4.69, 9.17) is 0 Å². The molecule has 0 amide bonds. The van der Waals surface area contributed by atoms with Gasteiger partial charge in [-0.2, -0.15) is 4.39 Å². The number of benzene rings is 3. The highest BCUT2D eigenvalue weighted by molar-refractivity contribution is 7.95. The van der Waals surface area contributed by atoms with Crippen LogP contribution in [0.3, 0.4) is 0 Å². The first kappa shape index (κ1) is 18.8. The molecule has 0 saturated carbocycles. The van der Waals surface area contributed by atoms with Crippen LogP contribution in [-0.4, -0.2) is 8.42 Å². The number of allylic oxidation sites excluding steroid dienone is 2. The van der Waals surface area contributed by atoms with Gasteiger partial charge in [-0.25, -0.2) is 8.42 Å². The minimum absolute atomic E-state index is 0.0278. The largest absolute Gasteiger partial charge is 0.233 e. The summed E-state index contributed by atoms with van der Waals surface area (Å²) in [5, 5.41) is -1.16. The van der Waals surface area contributed by atoms with Crippen molar-refractivity contribution in [1.29, 1.82) is 0 Å². The van der Waals surface area contributed by atoms with E-state index in [1.807, 2.05) is 31.2 Å².